The van der Waals surface area contributed by atoms with Crippen LogP contribution >= 0.6 is 0 Å². The average molecular weight is 211 g/mol. The molecule has 90 valence electrons. The molecule has 1 aliphatic heterocycles. The van der Waals surface area contributed by atoms with Crippen molar-refractivity contribution in [2.45, 2.75) is 72.3 Å². The van der Waals surface area contributed by atoms with Crippen molar-refractivity contribution in [3.8, 4) is 0 Å². The first-order valence-corrected chi connectivity index (χ1v) is 6.87. The molecule has 1 aliphatic rings. The maximum absolute atomic E-state index is 2.64. The Hall–Kier alpha value is -0.0400. The highest BCUT2D eigenvalue weighted by molar-refractivity contribution is 4.85. The molecule has 0 spiro atoms. The third-order valence-corrected chi connectivity index (χ3v) is 4.40. The van der Waals surface area contributed by atoms with Crippen LogP contribution in [0.1, 0.15) is 66.2 Å². The zero-order chi connectivity index (χ0) is 11.3. The second-order valence-electron chi connectivity index (χ2n) is 5.59. The number of rotatable bonds is 5. The second kappa shape index (κ2) is 5.89. The predicted molar refractivity (Wildman–Crippen MR) is 68.2 cm³/mol. The first-order chi connectivity index (χ1) is 7.13. The summed E-state index contributed by atoms with van der Waals surface area (Å²) in [4.78, 5) is 2.64. The molecule has 15 heavy (non-hydrogen) atoms. The lowest BCUT2D eigenvalue weighted by atomic mass is 9.72. The topological polar surface area (TPSA) is 3.24 Å². The van der Waals surface area contributed by atoms with Gasteiger partial charge in [0, 0.05) is 6.04 Å². The molecule has 1 saturated heterocycles. The number of unbranched alkanes of at least 4 members (excludes halogenated alkanes) is 1. The molecule has 1 nitrogen and oxygen atoms in total. The van der Waals surface area contributed by atoms with Gasteiger partial charge in [-0.3, -0.25) is 0 Å². The molecule has 0 radical (unpaired) electrons. The van der Waals surface area contributed by atoms with Crippen LogP contribution in [0.4, 0.5) is 0 Å². The van der Waals surface area contributed by atoms with E-state index in [1.54, 1.807) is 0 Å². The van der Waals surface area contributed by atoms with E-state index in [9.17, 15) is 0 Å². The summed E-state index contributed by atoms with van der Waals surface area (Å²) in [5, 5.41) is 0. The Morgan fingerprint density at radius 3 is 2.13 bits per heavy atom. The van der Waals surface area contributed by atoms with E-state index >= 15 is 0 Å². The fourth-order valence-electron chi connectivity index (χ4n) is 2.85. The van der Waals surface area contributed by atoms with E-state index in [4.69, 9.17) is 0 Å². The highest BCUT2D eigenvalue weighted by Gasteiger charge is 2.32. The van der Waals surface area contributed by atoms with Crippen molar-refractivity contribution < 1.29 is 0 Å². The van der Waals surface area contributed by atoms with Gasteiger partial charge in [0.15, 0.2) is 0 Å². The molecule has 0 aliphatic carbocycles. The van der Waals surface area contributed by atoms with Gasteiger partial charge in [-0.1, -0.05) is 33.1 Å². The van der Waals surface area contributed by atoms with Crippen LogP contribution in [0, 0.1) is 5.41 Å². The van der Waals surface area contributed by atoms with Crippen molar-refractivity contribution in [1.82, 2.24) is 4.90 Å². The fraction of sp³-hybridized carbons (Fsp3) is 1.00. The van der Waals surface area contributed by atoms with Crippen LogP contribution in [0.5, 0.6) is 0 Å². The van der Waals surface area contributed by atoms with Crippen LogP contribution in [-0.4, -0.2) is 24.0 Å². The van der Waals surface area contributed by atoms with E-state index < -0.39 is 0 Å². The Balaban J connectivity index is 2.43. The molecule has 0 aromatic heterocycles. The number of likely N-dealkylation sites (tertiary alicyclic amines) is 1. The molecule has 0 N–H and O–H groups in total. The van der Waals surface area contributed by atoms with Crippen LogP contribution in [0.15, 0.2) is 0 Å². The molecule has 0 saturated carbocycles. The largest absolute Gasteiger partial charge is 0.301 e. The van der Waals surface area contributed by atoms with Crippen molar-refractivity contribution in [2.24, 2.45) is 5.41 Å². The lowest BCUT2D eigenvalue weighted by Gasteiger charge is -2.43. The third kappa shape index (κ3) is 3.48. The summed E-state index contributed by atoms with van der Waals surface area (Å²) in [6.07, 6.45) is 8.50. The van der Waals surface area contributed by atoms with Gasteiger partial charge in [-0.2, -0.15) is 0 Å². The van der Waals surface area contributed by atoms with Crippen LogP contribution in [0.2, 0.25) is 0 Å². The maximum Gasteiger partial charge on any atom is 0.00385 e. The molecule has 1 heteroatoms. The van der Waals surface area contributed by atoms with Crippen molar-refractivity contribution in [3.05, 3.63) is 0 Å². The lowest BCUT2D eigenvalue weighted by Crippen LogP contribution is -2.43. The van der Waals surface area contributed by atoms with Gasteiger partial charge in [-0.15, -0.1) is 0 Å². The molecule has 0 aromatic carbocycles. The Kier molecular flexibility index (Phi) is 5.11. The number of piperidine rings is 1. The molecule has 0 amide bonds. The van der Waals surface area contributed by atoms with E-state index in [1.165, 1.54) is 51.6 Å². The molecule has 0 unspecified atom stereocenters. The van der Waals surface area contributed by atoms with E-state index in [1.807, 2.05) is 0 Å². The smallest absolute Gasteiger partial charge is 0.00385 e. The summed E-state index contributed by atoms with van der Waals surface area (Å²) < 4.78 is 0. The maximum atomic E-state index is 2.64. The second-order valence-corrected chi connectivity index (χ2v) is 5.59. The van der Waals surface area contributed by atoms with E-state index in [2.05, 4.69) is 32.6 Å². The van der Waals surface area contributed by atoms with E-state index in [0.29, 0.717) is 5.41 Å². The molecular weight excluding hydrogens is 182 g/mol. The zero-order valence-electron chi connectivity index (χ0n) is 11.2. The van der Waals surface area contributed by atoms with Gasteiger partial charge in [-0.25, -0.2) is 0 Å². The van der Waals surface area contributed by atoms with Crippen LogP contribution in [0.3, 0.4) is 0 Å². The standard InChI is InChI=1S/C14H29N/c1-5-7-8-14(6-2)9-11-15(12-10-14)13(3)4/h13H,5-12H2,1-4H3. The van der Waals surface area contributed by atoms with Gasteiger partial charge in [-0.05, 0) is 51.6 Å². The molecular formula is C14H29N. The average Bonchev–Trinajstić information content (AvgIpc) is 2.27. The van der Waals surface area contributed by atoms with Gasteiger partial charge in [0.25, 0.3) is 0 Å². The van der Waals surface area contributed by atoms with Gasteiger partial charge in [0.1, 0.15) is 0 Å². The van der Waals surface area contributed by atoms with E-state index in [0.717, 1.165) is 6.04 Å². The first kappa shape index (κ1) is 13.0. The predicted octanol–water partition coefficient (Wildman–Crippen LogP) is 4.08. The zero-order valence-corrected chi connectivity index (χ0v) is 11.2. The van der Waals surface area contributed by atoms with Gasteiger partial charge < -0.3 is 4.90 Å². The summed E-state index contributed by atoms with van der Waals surface area (Å²) in [7, 11) is 0. The number of hydrogen-bond acceptors (Lipinski definition) is 1. The highest BCUT2D eigenvalue weighted by Crippen LogP contribution is 2.39. The van der Waals surface area contributed by atoms with Crippen LogP contribution in [0.25, 0.3) is 0 Å². The Morgan fingerprint density at radius 2 is 1.73 bits per heavy atom. The van der Waals surface area contributed by atoms with Gasteiger partial charge in [0.05, 0.1) is 0 Å². The van der Waals surface area contributed by atoms with Crippen molar-refractivity contribution in [3.63, 3.8) is 0 Å². The molecule has 1 fully saturated rings. The van der Waals surface area contributed by atoms with Crippen molar-refractivity contribution >= 4 is 0 Å². The lowest BCUT2D eigenvalue weighted by molar-refractivity contribution is 0.0707. The Morgan fingerprint density at radius 1 is 1.13 bits per heavy atom. The molecule has 0 atom stereocenters. The number of hydrogen-bond donors (Lipinski definition) is 0. The fourth-order valence-corrected chi connectivity index (χ4v) is 2.85. The third-order valence-electron chi connectivity index (χ3n) is 4.40. The molecule has 0 aromatic rings. The normalized spacial score (nSPS) is 22.2. The molecule has 1 rings (SSSR count). The summed E-state index contributed by atoms with van der Waals surface area (Å²) in [6.45, 7) is 12.0. The SMILES string of the molecule is CCCCC1(CC)CCN(C(C)C)CC1. The highest BCUT2D eigenvalue weighted by atomic mass is 15.2. The Labute approximate surface area is 96.2 Å². The summed E-state index contributed by atoms with van der Waals surface area (Å²) in [5.74, 6) is 0. The summed E-state index contributed by atoms with van der Waals surface area (Å²) in [5.41, 5.74) is 0.696. The van der Waals surface area contributed by atoms with Crippen LogP contribution < -0.4 is 0 Å². The van der Waals surface area contributed by atoms with Gasteiger partial charge >= 0.3 is 0 Å². The number of nitrogens with zero attached hydrogens (tertiary/aromatic N) is 1. The summed E-state index contributed by atoms with van der Waals surface area (Å²) in [6, 6.07) is 0.742. The monoisotopic (exact) mass is 211 g/mol. The minimum absolute atomic E-state index is 0.696. The summed E-state index contributed by atoms with van der Waals surface area (Å²) >= 11 is 0. The van der Waals surface area contributed by atoms with Crippen LogP contribution in [-0.2, 0) is 0 Å². The molecule has 0 bridgehead atoms. The van der Waals surface area contributed by atoms with Crippen molar-refractivity contribution in [1.29, 1.82) is 0 Å². The first-order valence-electron chi connectivity index (χ1n) is 6.87. The van der Waals surface area contributed by atoms with Crippen molar-refractivity contribution in [2.75, 3.05) is 13.1 Å². The minimum Gasteiger partial charge on any atom is -0.301 e. The minimum atomic E-state index is 0.696. The van der Waals surface area contributed by atoms with E-state index in [-0.39, 0.29) is 0 Å². The van der Waals surface area contributed by atoms with Gasteiger partial charge in [0.2, 0.25) is 0 Å². The quantitative estimate of drug-likeness (QED) is 0.662. The molecule has 1 heterocycles. The Bertz CT molecular complexity index is 166.